The van der Waals surface area contributed by atoms with Gasteiger partial charge in [-0.1, -0.05) is 42.5 Å². The molecule has 2 aromatic heterocycles. The van der Waals surface area contributed by atoms with E-state index in [0.717, 1.165) is 60.2 Å². The van der Waals surface area contributed by atoms with Crippen LogP contribution in [0.1, 0.15) is 10.5 Å². The maximum absolute atomic E-state index is 13.2. The Bertz CT molecular complexity index is 1530. The Labute approximate surface area is 214 Å². The third-order valence-electron chi connectivity index (χ3n) is 6.36. The van der Waals surface area contributed by atoms with Crippen molar-refractivity contribution in [3.8, 4) is 22.6 Å². The van der Waals surface area contributed by atoms with E-state index < -0.39 is 0 Å². The minimum absolute atomic E-state index is 0.260. The molecule has 6 rings (SSSR count). The first-order chi connectivity index (χ1) is 18.2. The monoisotopic (exact) mass is 490 g/mol. The Morgan fingerprint density at radius 2 is 1.59 bits per heavy atom. The number of carbonyl (C=O) groups excluding carboxylic acids is 1. The summed E-state index contributed by atoms with van der Waals surface area (Å²) >= 11 is 0. The lowest BCUT2D eigenvalue weighted by Gasteiger charge is -2.31. The number of nitrogens with zero attached hydrogens (tertiary/aromatic N) is 4. The summed E-state index contributed by atoms with van der Waals surface area (Å²) in [6.07, 6.45) is 3.52. The SMILES string of the molecule is O=C(Nc1ccccc1N1CCNCC1)c1ccn2ncc(-c3ccc(Oc4ccccc4)cc3)c2n1. The fourth-order valence-corrected chi connectivity index (χ4v) is 4.47. The van der Waals surface area contributed by atoms with E-state index in [0.29, 0.717) is 11.3 Å². The molecule has 3 heterocycles. The van der Waals surface area contributed by atoms with Crippen LogP contribution in [0.2, 0.25) is 0 Å². The standard InChI is InChI=1S/C29H26N6O2/c36-29(33-25-8-4-5-9-27(25)34-18-15-30-16-19-34)26-14-17-35-28(32-26)24(20-31-35)21-10-12-23(13-11-21)37-22-6-2-1-3-7-22/h1-14,17,20,30H,15-16,18-19H2,(H,33,36). The summed E-state index contributed by atoms with van der Waals surface area (Å²) in [6.45, 7) is 3.63. The van der Waals surface area contributed by atoms with Gasteiger partial charge in [-0.25, -0.2) is 9.50 Å². The zero-order chi connectivity index (χ0) is 25.0. The molecular formula is C29H26N6O2. The van der Waals surface area contributed by atoms with E-state index in [9.17, 15) is 4.79 Å². The molecule has 37 heavy (non-hydrogen) atoms. The second kappa shape index (κ2) is 10.1. The van der Waals surface area contributed by atoms with Crippen molar-refractivity contribution in [2.24, 2.45) is 0 Å². The van der Waals surface area contributed by atoms with Crippen LogP contribution in [0.3, 0.4) is 0 Å². The van der Waals surface area contributed by atoms with Gasteiger partial charge in [0, 0.05) is 37.9 Å². The number of nitrogens with one attached hydrogen (secondary N) is 2. The van der Waals surface area contributed by atoms with Crippen molar-refractivity contribution in [3.05, 3.63) is 103 Å². The zero-order valence-electron chi connectivity index (χ0n) is 20.2. The van der Waals surface area contributed by atoms with Crippen molar-refractivity contribution < 1.29 is 9.53 Å². The zero-order valence-corrected chi connectivity index (χ0v) is 20.2. The first kappa shape index (κ1) is 22.8. The Balaban J connectivity index is 1.24. The summed E-state index contributed by atoms with van der Waals surface area (Å²) in [4.78, 5) is 20.2. The van der Waals surface area contributed by atoms with Crippen molar-refractivity contribution in [1.82, 2.24) is 19.9 Å². The molecule has 1 aliphatic rings. The molecule has 0 bridgehead atoms. The molecule has 8 nitrogen and oxygen atoms in total. The number of hydrogen-bond acceptors (Lipinski definition) is 6. The highest BCUT2D eigenvalue weighted by molar-refractivity contribution is 6.05. The van der Waals surface area contributed by atoms with E-state index in [2.05, 4.69) is 25.6 Å². The number of benzene rings is 3. The van der Waals surface area contributed by atoms with Crippen LogP contribution < -0.4 is 20.3 Å². The van der Waals surface area contributed by atoms with Crippen LogP contribution in [-0.2, 0) is 0 Å². The fraction of sp³-hybridized carbons (Fsp3) is 0.138. The van der Waals surface area contributed by atoms with Crippen LogP contribution in [0.5, 0.6) is 11.5 Å². The van der Waals surface area contributed by atoms with Gasteiger partial charge in [-0.15, -0.1) is 0 Å². The Morgan fingerprint density at radius 1 is 0.865 bits per heavy atom. The normalized spacial score (nSPS) is 13.5. The van der Waals surface area contributed by atoms with Gasteiger partial charge in [0.15, 0.2) is 5.65 Å². The number of hydrogen-bond donors (Lipinski definition) is 2. The highest BCUT2D eigenvalue weighted by atomic mass is 16.5. The smallest absolute Gasteiger partial charge is 0.274 e. The van der Waals surface area contributed by atoms with E-state index in [1.807, 2.05) is 78.9 Å². The van der Waals surface area contributed by atoms with E-state index in [4.69, 9.17) is 4.74 Å². The molecule has 0 atom stereocenters. The van der Waals surface area contributed by atoms with Crippen molar-refractivity contribution in [2.75, 3.05) is 36.4 Å². The van der Waals surface area contributed by atoms with Crippen LogP contribution in [0, 0.1) is 0 Å². The minimum atomic E-state index is -0.260. The lowest BCUT2D eigenvalue weighted by Crippen LogP contribution is -2.43. The van der Waals surface area contributed by atoms with Crippen molar-refractivity contribution in [3.63, 3.8) is 0 Å². The molecule has 0 spiro atoms. The lowest BCUT2D eigenvalue weighted by atomic mass is 10.1. The number of ether oxygens (including phenoxy) is 1. The molecule has 184 valence electrons. The third-order valence-corrected chi connectivity index (χ3v) is 6.36. The summed E-state index contributed by atoms with van der Waals surface area (Å²) in [5.41, 5.74) is 4.50. The first-order valence-corrected chi connectivity index (χ1v) is 12.3. The van der Waals surface area contributed by atoms with Crippen LogP contribution >= 0.6 is 0 Å². The number of anilines is 2. The van der Waals surface area contributed by atoms with Crippen LogP contribution in [-0.4, -0.2) is 46.7 Å². The summed E-state index contributed by atoms with van der Waals surface area (Å²) in [5.74, 6) is 1.26. The summed E-state index contributed by atoms with van der Waals surface area (Å²) in [7, 11) is 0. The average molecular weight is 491 g/mol. The van der Waals surface area contributed by atoms with Gasteiger partial charge in [0.05, 0.1) is 17.6 Å². The molecule has 1 aliphatic heterocycles. The summed E-state index contributed by atoms with van der Waals surface area (Å²) < 4.78 is 7.58. The summed E-state index contributed by atoms with van der Waals surface area (Å²) in [6, 6.07) is 27.0. The maximum atomic E-state index is 13.2. The van der Waals surface area contributed by atoms with E-state index in [-0.39, 0.29) is 5.91 Å². The molecular weight excluding hydrogens is 464 g/mol. The van der Waals surface area contributed by atoms with Crippen LogP contribution in [0.4, 0.5) is 11.4 Å². The highest BCUT2D eigenvalue weighted by Gasteiger charge is 2.18. The second-order valence-corrected chi connectivity index (χ2v) is 8.79. The Kier molecular flexibility index (Phi) is 6.22. The molecule has 1 fully saturated rings. The largest absolute Gasteiger partial charge is 0.457 e. The van der Waals surface area contributed by atoms with Gasteiger partial charge >= 0.3 is 0 Å². The molecule has 0 radical (unpaired) electrons. The number of carbonyl (C=O) groups is 1. The van der Waals surface area contributed by atoms with E-state index >= 15 is 0 Å². The quantitative estimate of drug-likeness (QED) is 0.354. The van der Waals surface area contributed by atoms with Gasteiger partial charge in [-0.05, 0) is 48.0 Å². The second-order valence-electron chi connectivity index (χ2n) is 8.79. The molecule has 0 saturated carbocycles. The predicted molar refractivity (Wildman–Crippen MR) is 144 cm³/mol. The molecule has 2 N–H and O–H groups in total. The number of rotatable bonds is 6. The topological polar surface area (TPSA) is 83.8 Å². The predicted octanol–water partition coefficient (Wildman–Crippen LogP) is 4.85. The molecule has 1 saturated heterocycles. The van der Waals surface area contributed by atoms with Gasteiger partial charge < -0.3 is 20.3 Å². The van der Waals surface area contributed by atoms with E-state index in [1.54, 1.807) is 23.0 Å². The van der Waals surface area contributed by atoms with Gasteiger partial charge in [-0.2, -0.15) is 5.10 Å². The molecule has 0 aliphatic carbocycles. The molecule has 1 amide bonds. The number of fused-ring (bicyclic) bond motifs is 1. The van der Waals surface area contributed by atoms with Crippen LogP contribution in [0.15, 0.2) is 97.3 Å². The van der Waals surface area contributed by atoms with Gasteiger partial charge in [0.25, 0.3) is 5.91 Å². The fourth-order valence-electron chi connectivity index (χ4n) is 4.47. The van der Waals surface area contributed by atoms with Gasteiger partial charge in [0.2, 0.25) is 0 Å². The third kappa shape index (κ3) is 4.87. The Hall–Kier alpha value is -4.69. The van der Waals surface area contributed by atoms with Crippen LogP contribution in [0.25, 0.3) is 16.8 Å². The van der Waals surface area contributed by atoms with Crippen molar-refractivity contribution >= 4 is 22.9 Å². The molecule has 5 aromatic rings. The van der Waals surface area contributed by atoms with Crippen molar-refractivity contribution in [2.45, 2.75) is 0 Å². The molecule has 3 aromatic carbocycles. The Morgan fingerprint density at radius 3 is 2.41 bits per heavy atom. The molecule has 8 heteroatoms. The number of piperazine rings is 1. The van der Waals surface area contributed by atoms with Gasteiger partial charge in [-0.3, -0.25) is 4.79 Å². The first-order valence-electron chi connectivity index (χ1n) is 12.3. The average Bonchev–Trinajstić information content (AvgIpc) is 3.38. The number of amides is 1. The number of aromatic nitrogens is 3. The maximum Gasteiger partial charge on any atom is 0.274 e. The van der Waals surface area contributed by atoms with Crippen molar-refractivity contribution in [1.29, 1.82) is 0 Å². The lowest BCUT2D eigenvalue weighted by molar-refractivity contribution is 0.102. The number of para-hydroxylation sites is 3. The molecule has 0 unspecified atom stereocenters. The van der Waals surface area contributed by atoms with E-state index in [1.165, 1.54) is 0 Å². The van der Waals surface area contributed by atoms with Gasteiger partial charge in [0.1, 0.15) is 17.2 Å². The highest BCUT2D eigenvalue weighted by Crippen LogP contribution is 2.29. The summed E-state index contributed by atoms with van der Waals surface area (Å²) in [5, 5.41) is 10.8. The minimum Gasteiger partial charge on any atom is -0.457 e.